The molecule has 0 spiro atoms. The van der Waals surface area contributed by atoms with Crippen molar-refractivity contribution in [1.82, 2.24) is 0 Å². The second-order valence-electron chi connectivity index (χ2n) is 3.44. The van der Waals surface area contributed by atoms with Crippen LogP contribution < -0.4 is 9.47 Å². The monoisotopic (exact) mass is 240 g/mol. The zero-order chi connectivity index (χ0) is 12.8. The molecule has 0 unspecified atom stereocenters. The molecule has 5 heteroatoms. The Hall–Kier alpha value is -1.75. The first kappa shape index (κ1) is 13.3. The van der Waals surface area contributed by atoms with E-state index in [1.54, 1.807) is 25.3 Å². The third-order valence-corrected chi connectivity index (χ3v) is 2.46. The predicted octanol–water partition coefficient (Wildman–Crippen LogP) is 1.35. The lowest BCUT2D eigenvalue weighted by Gasteiger charge is -2.14. The van der Waals surface area contributed by atoms with E-state index < -0.39 is 12.1 Å². The van der Waals surface area contributed by atoms with Gasteiger partial charge >= 0.3 is 5.97 Å². The highest BCUT2D eigenvalue weighted by molar-refractivity contribution is 5.73. The summed E-state index contributed by atoms with van der Waals surface area (Å²) in [5, 5.41) is 8.91. The zero-order valence-corrected chi connectivity index (χ0v) is 10.1. The first-order valence-corrected chi connectivity index (χ1v) is 5.08. The number of hydrogen-bond donors (Lipinski definition) is 1. The van der Waals surface area contributed by atoms with Crippen LogP contribution in [0.2, 0.25) is 0 Å². The molecule has 1 atom stereocenters. The van der Waals surface area contributed by atoms with Crippen LogP contribution in [0, 0.1) is 0 Å². The van der Waals surface area contributed by atoms with E-state index in [2.05, 4.69) is 0 Å². The van der Waals surface area contributed by atoms with Gasteiger partial charge in [-0.15, -0.1) is 0 Å². The largest absolute Gasteiger partial charge is 0.497 e. The Morgan fingerprint density at radius 2 is 2.00 bits per heavy atom. The van der Waals surface area contributed by atoms with Crippen LogP contribution in [-0.4, -0.2) is 38.5 Å². The lowest BCUT2D eigenvalue weighted by atomic mass is 10.1. The number of hydrogen-bond acceptors (Lipinski definition) is 4. The Labute approximate surface area is 99.9 Å². The van der Waals surface area contributed by atoms with Crippen LogP contribution in [0.1, 0.15) is 5.56 Å². The summed E-state index contributed by atoms with van der Waals surface area (Å²) in [6, 6.07) is 5.24. The van der Waals surface area contributed by atoms with Crippen LogP contribution in [0.5, 0.6) is 11.5 Å². The van der Waals surface area contributed by atoms with Crippen molar-refractivity contribution in [1.29, 1.82) is 0 Å². The smallest absolute Gasteiger partial charge is 0.333 e. The second-order valence-corrected chi connectivity index (χ2v) is 3.44. The Balaban J connectivity index is 2.93. The maximum Gasteiger partial charge on any atom is 0.333 e. The maximum absolute atomic E-state index is 10.9. The minimum Gasteiger partial charge on any atom is -0.497 e. The molecule has 1 aromatic carbocycles. The summed E-state index contributed by atoms with van der Waals surface area (Å²) >= 11 is 0. The van der Waals surface area contributed by atoms with Crippen molar-refractivity contribution in [2.24, 2.45) is 0 Å². The number of carboxylic acids is 1. The number of benzene rings is 1. The van der Waals surface area contributed by atoms with Gasteiger partial charge in [0.05, 0.1) is 14.2 Å². The fourth-order valence-electron chi connectivity index (χ4n) is 1.49. The highest BCUT2D eigenvalue weighted by Crippen LogP contribution is 2.25. The van der Waals surface area contributed by atoms with E-state index >= 15 is 0 Å². The average molecular weight is 240 g/mol. The molecule has 1 N–H and O–H groups in total. The number of ether oxygens (including phenoxy) is 3. The summed E-state index contributed by atoms with van der Waals surface area (Å²) in [4.78, 5) is 10.9. The highest BCUT2D eigenvalue weighted by atomic mass is 16.5. The van der Waals surface area contributed by atoms with Gasteiger partial charge in [-0.2, -0.15) is 0 Å². The van der Waals surface area contributed by atoms with E-state index in [0.29, 0.717) is 11.5 Å². The molecular weight excluding hydrogens is 224 g/mol. The number of methoxy groups -OCH3 is 3. The van der Waals surface area contributed by atoms with Gasteiger partial charge in [0, 0.05) is 19.6 Å². The lowest BCUT2D eigenvalue weighted by Crippen LogP contribution is -2.25. The molecule has 0 amide bonds. The molecule has 0 radical (unpaired) electrons. The van der Waals surface area contributed by atoms with Gasteiger partial charge in [-0.3, -0.25) is 0 Å². The zero-order valence-electron chi connectivity index (χ0n) is 10.1. The van der Waals surface area contributed by atoms with Gasteiger partial charge in [-0.25, -0.2) is 4.79 Å². The highest BCUT2D eigenvalue weighted by Gasteiger charge is 2.19. The van der Waals surface area contributed by atoms with Crippen LogP contribution in [0.25, 0.3) is 0 Å². The number of rotatable bonds is 6. The number of aliphatic carboxylic acids is 1. The SMILES string of the molecule is COc1ccc(C[C@H](OC)C(=O)O)c(OC)c1. The van der Waals surface area contributed by atoms with E-state index in [9.17, 15) is 4.79 Å². The van der Waals surface area contributed by atoms with Crippen molar-refractivity contribution in [3.63, 3.8) is 0 Å². The summed E-state index contributed by atoms with van der Waals surface area (Å²) in [6.07, 6.45) is -0.628. The van der Waals surface area contributed by atoms with Gasteiger partial charge < -0.3 is 19.3 Å². The molecule has 0 aliphatic rings. The predicted molar refractivity (Wildman–Crippen MR) is 61.7 cm³/mol. The summed E-state index contributed by atoms with van der Waals surface area (Å²) < 4.78 is 15.1. The van der Waals surface area contributed by atoms with Crippen molar-refractivity contribution >= 4 is 5.97 Å². The van der Waals surface area contributed by atoms with Crippen molar-refractivity contribution < 1.29 is 24.1 Å². The molecule has 1 rings (SSSR count). The van der Waals surface area contributed by atoms with Gasteiger partial charge in [0.1, 0.15) is 11.5 Å². The Morgan fingerprint density at radius 1 is 1.29 bits per heavy atom. The van der Waals surface area contributed by atoms with Crippen molar-refractivity contribution in [2.75, 3.05) is 21.3 Å². The molecule has 0 saturated carbocycles. The van der Waals surface area contributed by atoms with Gasteiger partial charge in [0.2, 0.25) is 0 Å². The molecule has 0 saturated heterocycles. The molecule has 0 aliphatic carbocycles. The summed E-state index contributed by atoms with van der Waals surface area (Å²) in [6.45, 7) is 0. The minimum absolute atomic E-state index is 0.249. The molecule has 0 aliphatic heterocycles. The quantitative estimate of drug-likeness (QED) is 0.813. The summed E-state index contributed by atoms with van der Waals surface area (Å²) in [5.41, 5.74) is 0.766. The van der Waals surface area contributed by atoms with Gasteiger partial charge in [-0.05, 0) is 11.6 Å². The molecule has 94 valence electrons. The van der Waals surface area contributed by atoms with Crippen LogP contribution in [0.15, 0.2) is 18.2 Å². The topological polar surface area (TPSA) is 65.0 Å². The van der Waals surface area contributed by atoms with Crippen LogP contribution in [-0.2, 0) is 16.0 Å². The van der Waals surface area contributed by atoms with Crippen LogP contribution in [0.4, 0.5) is 0 Å². The molecule has 0 fully saturated rings. The second kappa shape index (κ2) is 6.10. The van der Waals surface area contributed by atoms with Crippen LogP contribution >= 0.6 is 0 Å². The molecular formula is C12H16O5. The average Bonchev–Trinajstić information content (AvgIpc) is 2.35. The number of carbonyl (C=O) groups is 1. The fourth-order valence-corrected chi connectivity index (χ4v) is 1.49. The van der Waals surface area contributed by atoms with E-state index in [-0.39, 0.29) is 6.42 Å². The van der Waals surface area contributed by atoms with E-state index in [4.69, 9.17) is 19.3 Å². The van der Waals surface area contributed by atoms with Gasteiger partial charge in [0.25, 0.3) is 0 Å². The molecule has 0 bridgehead atoms. The van der Waals surface area contributed by atoms with E-state index in [1.165, 1.54) is 14.2 Å². The molecule has 5 nitrogen and oxygen atoms in total. The first-order chi connectivity index (χ1) is 8.12. The standard InChI is InChI=1S/C12H16O5/c1-15-9-5-4-8(10(7-9)16-2)6-11(17-3)12(13)14/h4-5,7,11H,6H2,1-3H3,(H,13,14)/t11-/m0/s1. The van der Waals surface area contributed by atoms with Crippen LogP contribution in [0.3, 0.4) is 0 Å². The normalized spacial score (nSPS) is 11.9. The molecule has 1 aromatic rings. The van der Waals surface area contributed by atoms with E-state index in [1.807, 2.05) is 0 Å². The minimum atomic E-state index is -0.995. The lowest BCUT2D eigenvalue weighted by molar-refractivity contribution is -0.148. The Kier molecular flexibility index (Phi) is 4.78. The van der Waals surface area contributed by atoms with Crippen molar-refractivity contribution in [2.45, 2.75) is 12.5 Å². The third-order valence-electron chi connectivity index (χ3n) is 2.46. The summed E-state index contributed by atoms with van der Waals surface area (Å²) in [7, 11) is 4.46. The molecule has 17 heavy (non-hydrogen) atoms. The van der Waals surface area contributed by atoms with E-state index in [0.717, 1.165) is 5.56 Å². The first-order valence-electron chi connectivity index (χ1n) is 5.08. The number of carboxylic acid groups (broad SMARTS) is 1. The Morgan fingerprint density at radius 3 is 2.47 bits per heavy atom. The third kappa shape index (κ3) is 3.35. The molecule has 0 heterocycles. The summed E-state index contributed by atoms with van der Waals surface area (Å²) in [5.74, 6) is 0.257. The van der Waals surface area contributed by atoms with Crippen molar-refractivity contribution in [3.05, 3.63) is 23.8 Å². The van der Waals surface area contributed by atoms with Crippen molar-refractivity contribution in [3.8, 4) is 11.5 Å². The molecule has 0 aromatic heterocycles. The maximum atomic E-state index is 10.9. The van der Waals surface area contributed by atoms with Gasteiger partial charge in [-0.1, -0.05) is 6.07 Å². The van der Waals surface area contributed by atoms with Gasteiger partial charge in [0.15, 0.2) is 6.10 Å². The fraction of sp³-hybridized carbons (Fsp3) is 0.417. The Bertz CT molecular complexity index is 388.